The van der Waals surface area contributed by atoms with Gasteiger partial charge in [0, 0.05) is 30.6 Å². The molecule has 1 aromatic carbocycles. The van der Waals surface area contributed by atoms with Crippen molar-refractivity contribution < 1.29 is 0 Å². The Bertz CT molecular complexity index is 392. The fraction of sp³-hybridized carbons (Fsp3) is 0.538. The van der Waals surface area contributed by atoms with E-state index in [2.05, 4.69) is 47.1 Å². The summed E-state index contributed by atoms with van der Waals surface area (Å²) in [6.45, 7) is 4.54. The summed E-state index contributed by atoms with van der Waals surface area (Å²) in [4.78, 5) is 2.63. The molecule has 2 aliphatic rings. The van der Waals surface area contributed by atoms with Crippen molar-refractivity contribution >= 4 is 23.1 Å². The maximum Gasteiger partial charge on any atom is 0.0634 e. The highest BCUT2D eigenvalue weighted by Crippen LogP contribution is 2.36. The number of nitrogens with zero attached hydrogens (tertiary/aromatic N) is 1. The Morgan fingerprint density at radius 1 is 1.44 bits per heavy atom. The molecule has 2 heterocycles. The van der Waals surface area contributed by atoms with E-state index >= 15 is 0 Å². The minimum atomic E-state index is 0.730. The second-order valence-corrected chi connectivity index (χ2v) is 5.76. The zero-order valence-electron chi connectivity index (χ0n) is 9.70. The van der Waals surface area contributed by atoms with Crippen molar-refractivity contribution in [2.75, 3.05) is 34.8 Å². The van der Waals surface area contributed by atoms with E-state index in [-0.39, 0.29) is 0 Å². The Hall–Kier alpha value is -0.830. The van der Waals surface area contributed by atoms with Crippen LogP contribution in [0.4, 0.5) is 11.4 Å². The number of nitrogens with one attached hydrogen (secondary N) is 1. The number of benzene rings is 1. The lowest BCUT2D eigenvalue weighted by Gasteiger charge is -2.37. The van der Waals surface area contributed by atoms with Gasteiger partial charge >= 0.3 is 0 Å². The fourth-order valence-electron chi connectivity index (χ4n) is 2.74. The first-order chi connectivity index (χ1) is 7.86. The first-order valence-electron chi connectivity index (χ1n) is 6.04. The van der Waals surface area contributed by atoms with Crippen LogP contribution in [0, 0.1) is 6.92 Å². The van der Waals surface area contributed by atoms with Gasteiger partial charge in [-0.2, -0.15) is 11.8 Å². The van der Waals surface area contributed by atoms with Crippen LogP contribution < -0.4 is 10.2 Å². The number of fused-ring (bicyclic) bond motifs is 3. The SMILES string of the molecule is Cc1cccc2c1N1CCSCC1CCN2. The molecule has 86 valence electrons. The van der Waals surface area contributed by atoms with Crippen molar-refractivity contribution in [1.29, 1.82) is 0 Å². The molecule has 1 atom stereocenters. The molecule has 0 bridgehead atoms. The van der Waals surface area contributed by atoms with Crippen LogP contribution in [0.5, 0.6) is 0 Å². The van der Waals surface area contributed by atoms with Crippen LogP contribution in [0.1, 0.15) is 12.0 Å². The van der Waals surface area contributed by atoms with Crippen molar-refractivity contribution in [2.45, 2.75) is 19.4 Å². The van der Waals surface area contributed by atoms with E-state index in [0.717, 1.165) is 12.6 Å². The summed E-state index contributed by atoms with van der Waals surface area (Å²) >= 11 is 2.10. The standard InChI is InChI=1S/C13H18N2S/c1-10-3-2-4-12-13(10)15-7-8-16-9-11(15)5-6-14-12/h2-4,11,14H,5-9H2,1H3. The van der Waals surface area contributed by atoms with Gasteiger partial charge in [0.05, 0.1) is 11.4 Å². The zero-order chi connectivity index (χ0) is 11.0. The van der Waals surface area contributed by atoms with Crippen molar-refractivity contribution in [2.24, 2.45) is 0 Å². The summed E-state index contributed by atoms with van der Waals surface area (Å²) in [5, 5.41) is 3.57. The van der Waals surface area contributed by atoms with E-state index in [4.69, 9.17) is 0 Å². The van der Waals surface area contributed by atoms with Gasteiger partial charge in [0.2, 0.25) is 0 Å². The van der Waals surface area contributed by atoms with E-state index in [1.54, 1.807) is 0 Å². The highest BCUT2D eigenvalue weighted by molar-refractivity contribution is 7.99. The normalized spacial score (nSPS) is 24.1. The molecule has 0 spiro atoms. The van der Waals surface area contributed by atoms with E-state index in [1.807, 2.05) is 0 Å². The predicted octanol–water partition coefficient (Wildman–Crippen LogP) is 2.73. The molecule has 1 unspecified atom stereocenters. The van der Waals surface area contributed by atoms with Crippen LogP contribution in [0.15, 0.2) is 18.2 Å². The third-order valence-electron chi connectivity index (χ3n) is 3.55. The molecule has 1 saturated heterocycles. The van der Waals surface area contributed by atoms with Crippen LogP contribution >= 0.6 is 11.8 Å². The van der Waals surface area contributed by atoms with Crippen LogP contribution in [-0.4, -0.2) is 30.6 Å². The van der Waals surface area contributed by atoms with Crippen molar-refractivity contribution in [1.82, 2.24) is 0 Å². The number of rotatable bonds is 0. The molecule has 1 aromatic rings. The van der Waals surface area contributed by atoms with Gasteiger partial charge in [-0.05, 0) is 25.0 Å². The third-order valence-corrected chi connectivity index (χ3v) is 4.64. The quantitative estimate of drug-likeness (QED) is 0.743. The molecule has 0 saturated carbocycles. The largest absolute Gasteiger partial charge is 0.383 e. The van der Waals surface area contributed by atoms with Crippen molar-refractivity contribution in [3.05, 3.63) is 23.8 Å². The average molecular weight is 234 g/mol. The zero-order valence-corrected chi connectivity index (χ0v) is 10.5. The van der Waals surface area contributed by atoms with E-state index in [9.17, 15) is 0 Å². The Balaban J connectivity index is 2.06. The highest BCUT2D eigenvalue weighted by atomic mass is 32.2. The Kier molecular flexibility index (Phi) is 2.72. The molecule has 16 heavy (non-hydrogen) atoms. The van der Waals surface area contributed by atoms with Crippen LogP contribution in [-0.2, 0) is 0 Å². The highest BCUT2D eigenvalue weighted by Gasteiger charge is 2.27. The maximum atomic E-state index is 3.57. The van der Waals surface area contributed by atoms with Crippen LogP contribution in [0.25, 0.3) is 0 Å². The first kappa shape index (κ1) is 10.3. The summed E-state index contributed by atoms with van der Waals surface area (Å²) in [7, 11) is 0. The first-order valence-corrected chi connectivity index (χ1v) is 7.19. The van der Waals surface area contributed by atoms with Gasteiger partial charge in [0.1, 0.15) is 0 Å². The molecule has 3 heteroatoms. The predicted molar refractivity (Wildman–Crippen MR) is 72.7 cm³/mol. The van der Waals surface area contributed by atoms with E-state index in [1.165, 1.54) is 41.4 Å². The lowest BCUT2D eigenvalue weighted by molar-refractivity contribution is 0.624. The van der Waals surface area contributed by atoms with E-state index in [0.29, 0.717) is 0 Å². The Labute approximate surface area is 101 Å². The van der Waals surface area contributed by atoms with Crippen LogP contribution in [0.2, 0.25) is 0 Å². The van der Waals surface area contributed by atoms with Crippen LogP contribution in [0.3, 0.4) is 0 Å². The van der Waals surface area contributed by atoms with Crippen molar-refractivity contribution in [3.8, 4) is 0 Å². The third kappa shape index (κ3) is 1.67. The Morgan fingerprint density at radius 3 is 3.31 bits per heavy atom. The number of para-hydroxylation sites is 1. The summed E-state index contributed by atoms with van der Waals surface area (Å²) in [5.41, 5.74) is 4.18. The van der Waals surface area contributed by atoms with Gasteiger partial charge in [-0.3, -0.25) is 0 Å². The second-order valence-electron chi connectivity index (χ2n) is 4.61. The minimum Gasteiger partial charge on any atom is -0.383 e. The van der Waals surface area contributed by atoms with E-state index < -0.39 is 0 Å². The molecule has 1 fully saturated rings. The van der Waals surface area contributed by atoms with Gasteiger partial charge in [-0.25, -0.2) is 0 Å². The monoisotopic (exact) mass is 234 g/mol. The molecular weight excluding hydrogens is 216 g/mol. The molecule has 2 nitrogen and oxygen atoms in total. The van der Waals surface area contributed by atoms with Crippen molar-refractivity contribution in [3.63, 3.8) is 0 Å². The summed E-state index contributed by atoms with van der Waals surface area (Å²) in [6.07, 6.45) is 1.27. The molecule has 0 aromatic heterocycles. The number of aryl methyl sites for hydroxylation is 1. The molecular formula is C13H18N2S. The molecule has 0 amide bonds. The number of hydrogen-bond acceptors (Lipinski definition) is 3. The summed E-state index contributed by atoms with van der Waals surface area (Å²) < 4.78 is 0. The smallest absolute Gasteiger partial charge is 0.0634 e. The van der Waals surface area contributed by atoms with Gasteiger partial charge in [0.25, 0.3) is 0 Å². The Morgan fingerprint density at radius 2 is 2.38 bits per heavy atom. The molecule has 3 rings (SSSR count). The lowest BCUT2D eigenvalue weighted by atomic mass is 10.1. The summed E-state index contributed by atoms with van der Waals surface area (Å²) in [6, 6.07) is 7.32. The lowest BCUT2D eigenvalue weighted by Crippen LogP contribution is -2.42. The minimum absolute atomic E-state index is 0.730. The van der Waals surface area contributed by atoms with Gasteiger partial charge in [-0.1, -0.05) is 12.1 Å². The van der Waals surface area contributed by atoms with Gasteiger partial charge < -0.3 is 10.2 Å². The molecule has 2 aliphatic heterocycles. The number of hydrogen-bond donors (Lipinski definition) is 1. The maximum absolute atomic E-state index is 3.57. The average Bonchev–Trinajstić information content (AvgIpc) is 2.49. The fourth-order valence-corrected chi connectivity index (χ4v) is 3.86. The van der Waals surface area contributed by atoms with Gasteiger partial charge in [-0.15, -0.1) is 0 Å². The topological polar surface area (TPSA) is 15.3 Å². The summed E-state index contributed by atoms with van der Waals surface area (Å²) in [5.74, 6) is 2.56. The molecule has 0 radical (unpaired) electrons. The number of thioether (sulfide) groups is 1. The second kappa shape index (κ2) is 4.21. The number of anilines is 2. The molecule has 1 N–H and O–H groups in total. The van der Waals surface area contributed by atoms with Gasteiger partial charge in [0.15, 0.2) is 0 Å². The molecule has 0 aliphatic carbocycles.